The van der Waals surface area contributed by atoms with Crippen molar-refractivity contribution in [3.63, 3.8) is 0 Å². The molecule has 9 heteroatoms. The maximum atomic E-state index is 13.1. The lowest BCUT2D eigenvalue weighted by atomic mass is 9.46. The van der Waals surface area contributed by atoms with Crippen LogP contribution in [0.2, 0.25) is 0 Å². The van der Waals surface area contributed by atoms with Crippen molar-refractivity contribution < 1.29 is 29.4 Å². The zero-order chi connectivity index (χ0) is 30.4. The molecule has 0 aromatic rings. The number of fused-ring (bicyclic) bond motifs is 5. The summed E-state index contributed by atoms with van der Waals surface area (Å²) in [5.74, 6) is 2.29. The summed E-state index contributed by atoms with van der Waals surface area (Å²) in [6.07, 6.45) is 16.6. The standard InChI is InChI=1S/C33H47N3O6/c1-6-33(41)16-13-25-23-10-9-21-18-22(11-14-31(21,4)24(23)12-15-32(25,33)5)35-42-19-27(37)34-28(20(2)3)29(38)36-17-7-8-26(36)30(39)40/h1,18,20,23-26,28,41H,7-17,19H2,2-5H3,(H,34,37)(H,39,40)/b35-22+/t23?,24?,25?,26?,28?,31-,32-,33+/m0/s1. The molecular formula is C33H47N3O6. The highest BCUT2D eigenvalue weighted by Gasteiger charge is 2.63. The summed E-state index contributed by atoms with van der Waals surface area (Å²) < 4.78 is 0. The number of terminal acetylenes is 1. The molecule has 0 radical (unpaired) electrons. The van der Waals surface area contributed by atoms with E-state index in [1.807, 2.05) is 13.8 Å². The first-order chi connectivity index (χ1) is 19.8. The summed E-state index contributed by atoms with van der Waals surface area (Å²) in [6.45, 7) is 8.32. The average Bonchev–Trinajstić information content (AvgIpc) is 3.55. The van der Waals surface area contributed by atoms with E-state index in [4.69, 9.17) is 11.3 Å². The number of aliphatic hydroxyl groups is 1. The summed E-state index contributed by atoms with van der Waals surface area (Å²) in [7, 11) is 0. The lowest BCUT2D eigenvalue weighted by molar-refractivity contribution is -0.150. The minimum absolute atomic E-state index is 0.0890. The number of oxime groups is 1. The van der Waals surface area contributed by atoms with Gasteiger partial charge in [0, 0.05) is 12.0 Å². The largest absolute Gasteiger partial charge is 0.480 e. The van der Waals surface area contributed by atoms with Gasteiger partial charge in [0.05, 0.1) is 5.71 Å². The molecule has 9 nitrogen and oxygen atoms in total. The van der Waals surface area contributed by atoms with Gasteiger partial charge < -0.3 is 25.3 Å². The number of allylic oxidation sites excluding steroid dienone is 2. The van der Waals surface area contributed by atoms with Crippen molar-refractivity contribution in [3.05, 3.63) is 11.6 Å². The summed E-state index contributed by atoms with van der Waals surface area (Å²) in [6, 6.07) is -1.67. The van der Waals surface area contributed by atoms with Crippen LogP contribution in [-0.2, 0) is 19.2 Å². The number of aliphatic carboxylic acids is 1. The number of amides is 2. The fourth-order valence-electron chi connectivity index (χ4n) is 9.26. The molecule has 1 aliphatic heterocycles. The molecular weight excluding hydrogens is 534 g/mol. The van der Waals surface area contributed by atoms with E-state index in [0.29, 0.717) is 43.6 Å². The molecule has 3 saturated carbocycles. The van der Waals surface area contributed by atoms with Gasteiger partial charge in [0.1, 0.15) is 17.7 Å². The maximum Gasteiger partial charge on any atom is 0.326 e. The van der Waals surface area contributed by atoms with Crippen LogP contribution in [0.25, 0.3) is 0 Å². The van der Waals surface area contributed by atoms with Crippen molar-refractivity contribution >= 4 is 23.5 Å². The van der Waals surface area contributed by atoms with Crippen LogP contribution in [0.5, 0.6) is 0 Å². The monoisotopic (exact) mass is 581 g/mol. The van der Waals surface area contributed by atoms with Gasteiger partial charge in [-0.15, -0.1) is 6.42 Å². The predicted octanol–water partition coefficient (Wildman–Crippen LogP) is 3.90. The van der Waals surface area contributed by atoms with Gasteiger partial charge in [-0.2, -0.15) is 0 Å². The van der Waals surface area contributed by atoms with Crippen LogP contribution in [0.1, 0.15) is 91.9 Å². The molecule has 2 amide bonds. The van der Waals surface area contributed by atoms with E-state index in [2.05, 4.69) is 36.3 Å². The van der Waals surface area contributed by atoms with Crippen molar-refractivity contribution in [2.45, 2.75) is 110 Å². The maximum absolute atomic E-state index is 13.1. The lowest BCUT2D eigenvalue weighted by Gasteiger charge is -2.58. The van der Waals surface area contributed by atoms with Gasteiger partial charge in [-0.1, -0.05) is 44.3 Å². The Balaban J connectivity index is 1.19. The highest BCUT2D eigenvalue weighted by atomic mass is 16.6. The van der Waals surface area contributed by atoms with Crippen molar-refractivity contribution in [3.8, 4) is 12.3 Å². The van der Waals surface area contributed by atoms with Gasteiger partial charge in [-0.3, -0.25) is 9.59 Å². The van der Waals surface area contributed by atoms with Crippen LogP contribution in [0, 0.1) is 46.8 Å². The summed E-state index contributed by atoms with van der Waals surface area (Å²) >= 11 is 0. The molecule has 0 bridgehead atoms. The van der Waals surface area contributed by atoms with E-state index < -0.39 is 29.6 Å². The molecule has 5 rings (SSSR count). The zero-order valence-corrected chi connectivity index (χ0v) is 25.5. The second kappa shape index (κ2) is 11.3. The second-order valence-electron chi connectivity index (χ2n) is 14.2. The minimum atomic E-state index is -1.02. The first kappa shape index (κ1) is 30.6. The molecule has 1 saturated heterocycles. The van der Waals surface area contributed by atoms with E-state index >= 15 is 0 Å². The summed E-state index contributed by atoms with van der Waals surface area (Å²) in [5.41, 5.74) is 1.12. The Labute approximate surface area is 249 Å². The Kier molecular flexibility index (Phi) is 8.25. The highest BCUT2D eigenvalue weighted by molar-refractivity contribution is 5.96. The van der Waals surface area contributed by atoms with Crippen LogP contribution in [0.4, 0.5) is 0 Å². The molecule has 0 aromatic heterocycles. The van der Waals surface area contributed by atoms with Crippen molar-refractivity contribution in [1.29, 1.82) is 0 Å². The van der Waals surface area contributed by atoms with Gasteiger partial charge in [-0.25, -0.2) is 4.79 Å². The number of hydrogen-bond donors (Lipinski definition) is 3. The fraction of sp³-hybridized carbons (Fsp3) is 0.758. The van der Waals surface area contributed by atoms with Gasteiger partial charge in [-0.05, 0) is 99.4 Å². The molecule has 42 heavy (non-hydrogen) atoms. The van der Waals surface area contributed by atoms with Gasteiger partial charge in [0.15, 0.2) is 6.61 Å². The van der Waals surface area contributed by atoms with Crippen molar-refractivity contribution in [1.82, 2.24) is 10.2 Å². The minimum Gasteiger partial charge on any atom is -0.480 e. The predicted molar refractivity (Wildman–Crippen MR) is 158 cm³/mol. The van der Waals surface area contributed by atoms with Crippen molar-refractivity contribution in [2.75, 3.05) is 13.2 Å². The Morgan fingerprint density at radius 2 is 1.88 bits per heavy atom. The molecule has 0 aromatic carbocycles. The third-order valence-electron chi connectivity index (χ3n) is 11.8. The third-order valence-corrected chi connectivity index (χ3v) is 11.8. The molecule has 5 aliphatic rings. The SMILES string of the molecule is C#C[C@@]1(O)CCC2C3CCC4=C/C(=N/OCC(=O)NC(C(=O)N5CCCC5C(=O)O)C(C)C)CC[C@]4(C)C3CC[C@@]21C. The van der Waals surface area contributed by atoms with E-state index in [-0.39, 0.29) is 29.3 Å². The third kappa shape index (κ3) is 5.04. The molecule has 1 heterocycles. The van der Waals surface area contributed by atoms with Crippen LogP contribution in [0.15, 0.2) is 16.8 Å². The summed E-state index contributed by atoms with van der Waals surface area (Å²) in [4.78, 5) is 44.2. The molecule has 5 unspecified atom stereocenters. The number of hydrogen-bond acceptors (Lipinski definition) is 6. The number of carbonyl (C=O) groups excluding carboxylic acids is 2. The smallest absolute Gasteiger partial charge is 0.326 e. The molecule has 4 fully saturated rings. The number of nitrogens with zero attached hydrogens (tertiary/aromatic N) is 2. The summed E-state index contributed by atoms with van der Waals surface area (Å²) in [5, 5.41) is 27.7. The normalized spacial score (nSPS) is 39.0. The van der Waals surface area contributed by atoms with E-state index in [0.717, 1.165) is 50.7 Å². The topological polar surface area (TPSA) is 129 Å². The van der Waals surface area contributed by atoms with E-state index in [9.17, 15) is 24.6 Å². The number of carboxylic acid groups (broad SMARTS) is 1. The molecule has 4 aliphatic carbocycles. The quantitative estimate of drug-likeness (QED) is 0.309. The second-order valence-corrected chi connectivity index (χ2v) is 14.2. The van der Waals surface area contributed by atoms with Gasteiger partial charge >= 0.3 is 5.97 Å². The van der Waals surface area contributed by atoms with Crippen LogP contribution >= 0.6 is 0 Å². The first-order valence-electron chi connectivity index (χ1n) is 15.8. The van der Waals surface area contributed by atoms with Crippen LogP contribution < -0.4 is 5.32 Å². The number of nitrogens with one attached hydrogen (secondary N) is 1. The number of likely N-dealkylation sites (tertiary alicyclic amines) is 1. The van der Waals surface area contributed by atoms with Gasteiger partial charge in [0.2, 0.25) is 5.91 Å². The van der Waals surface area contributed by atoms with Crippen molar-refractivity contribution in [2.24, 2.45) is 39.7 Å². The Morgan fingerprint density at radius 3 is 2.57 bits per heavy atom. The Bertz CT molecular complexity index is 1220. The molecule has 230 valence electrons. The van der Waals surface area contributed by atoms with Crippen LogP contribution in [-0.4, -0.2) is 69.4 Å². The number of carbonyl (C=O) groups is 3. The lowest BCUT2D eigenvalue weighted by Crippen LogP contribution is -2.54. The van der Waals surface area contributed by atoms with Gasteiger partial charge in [0.25, 0.3) is 5.91 Å². The Hall–Kier alpha value is -2.86. The number of carboxylic acids is 1. The van der Waals surface area contributed by atoms with E-state index in [1.54, 1.807) is 0 Å². The van der Waals surface area contributed by atoms with E-state index in [1.165, 1.54) is 10.5 Å². The molecule has 8 atom stereocenters. The highest BCUT2D eigenvalue weighted by Crippen LogP contribution is 2.67. The number of rotatable bonds is 7. The zero-order valence-electron chi connectivity index (χ0n) is 25.5. The molecule has 3 N–H and O–H groups in total. The first-order valence-corrected chi connectivity index (χ1v) is 15.8. The average molecular weight is 582 g/mol. The Morgan fingerprint density at radius 1 is 1.14 bits per heavy atom. The fourth-order valence-corrected chi connectivity index (χ4v) is 9.26. The molecule has 0 spiro atoms. The van der Waals surface area contributed by atoms with Crippen LogP contribution in [0.3, 0.4) is 0 Å².